The van der Waals surface area contributed by atoms with Gasteiger partial charge in [0.25, 0.3) is 0 Å². The van der Waals surface area contributed by atoms with Crippen LogP contribution in [0, 0.1) is 13.8 Å². The van der Waals surface area contributed by atoms with Gasteiger partial charge in [-0.15, -0.1) is 0 Å². The molecule has 0 saturated heterocycles. The number of benzene rings is 3. The van der Waals surface area contributed by atoms with E-state index in [9.17, 15) is 9.59 Å². The van der Waals surface area contributed by atoms with Gasteiger partial charge in [0.05, 0.1) is 11.8 Å². The van der Waals surface area contributed by atoms with E-state index in [1.54, 1.807) is 5.01 Å². The molecule has 1 aliphatic rings. The number of amides is 2. The fourth-order valence-corrected chi connectivity index (χ4v) is 4.58. The third-order valence-electron chi connectivity index (χ3n) is 5.91. The summed E-state index contributed by atoms with van der Waals surface area (Å²) in [6.07, 6.45) is 0.795. The van der Waals surface area contributed by atoms with Gasteiger partial charge in [-0.25, -0.2) is 5.01 Å². The summed E-state index contributed by atoms with van der Waals surface area (Å²) in [4.78, 5) is 25.9. The maximum Gasteiger partial charge on any atom is 0.243 e. The van der Waals surface area contributed by atoms with Crippen molar-refractivity contribution in [1.29, 1.82) is 0 Å². The lowest BCUT2D eigenvalue weighted by Crippen LogP contribution is -2.28. The molecule has 2 amide bonds. The highest BCUT2D eigenvalue weighted by atomic mass is 79.9. The minimum absolute atomic E-state index is 0.0842. The van der Waals surface area contributed by atoms with Gasteiger partial charge in [0.15, 0.2) is 0 Å². The first kappa shape index (κ1) is 24.4. The van der Waals surface area contributed by atoms with E-state index in [-0.39, 0.29) is 30.7 Å². The van der Waals surface area contributed by atoms with E-state index in [0.29, 0.717) is 6.42 Å². The average molecular weight is 583 g/mol. The molecule has 0 aromatic heterocycles. The first-order chi connectivity index (χ1) is 16.3. The number of aryl methyl sites for hydroxylation is 2. The molecule has 4 rings (SSSR count). The Morgan fingerprint density at radius 3 is 2.12 bits per heavy atom. The second kappa shape index (κ2) is 10.7. The highest BCUT2D eigenvalue weighted by Crippen LogP contribution is 2.34. The summed E-state index contributed by atoms with van der Waals surface area (Å²) in [6, 6.07) is 21.5. The Bertz CT molecular complexity index is 1220. The Morgan fingerprint density at radius 1 is 0.912 bits per heavy atom. The smallest absolute Gasteiger partial charge is 0.243 e. The standard InChI is InChI=1S/C27H25Br2N3O2/c1-17-4-3-5-18(2)27(17)30-25(33)14-15-26(34)32-24(20-8-12-22(29)13-9-20)16-23(31-32)19-6-10-21(28)11-7-19/h3-13,24H,14-16H2,1-2H3,(H,30,33)/t24-/m1/s1. The number of carbonyl (C=O) groups excluding carboxylic acids is 2. The number of nitrogens with zero attached hydrogens (tertiary/aromatic N) is 2. The van der Waals surface area contributed by atoms with Gasteiger partial charge >= 0.3 is 0 Å². The molecule has 0 saturated carbocycles. The molecular weight excluding hydrogens is 558 g/mol. The third kappa shape index (κ3) is 5.65. The van der Waals surface area contributed by atoms with Crippen molar-refractivity contribution in [2.45, 2.75) is 39.2 Å². The molecule has 1 aliphatic heterocycles. The Hall–Kier alpha value is -2.77. The lowest BCUT2D eigenvalue weighted by Gasteiger charge is -2.22. The Labute approximate surface area is 216 Å². The van der Waals surface area contributed by atoms with Crippen LogP contribution in [0.3, 0.4) is 0 Å². The highest BCUT2D eigenvalue weighted by molar-refractivity contribution is 9.10. The van der Waals surface area contributed by atoms with Crippen molar-refractivity contribution in [1.82, 2.24) is 5.01 Å². The summed E-state index contributed by atoms with van der Waals surface area (Å²) < 4.78 is 1.96. The van der Waals surface area contributed by atoms with Crippen molar-refractivity contribution in [2.75, 3.05) is 5.32 Å². The number of halogens is 2. The lowest BCUT2D eigenvalue weighted by atomic mass is 9.98. The van der Waals surface area contributed by atoms with Crippen molar-refractivity contribution in [3.8, 4) is 0 Å². The summed E-state index contributed by atoms with van der Waals surface area (Å²) in [5.41, 5.74) is 5.65. The average Bonchev–Trinajstić information content (AvgIpc) is 3.26. The van der Waals surface area contributed by atoms with Gasteiger partial charge in [0.2, 0.25) is 11.8 Å². The first-order valence-electron chi connectivity index (χ1n) is 11.1. The SMILES string of the molecule is Cc1cccc(C)c1NC(=O)CCC(=O)N1N=C(c2ccc(Br)cc2)C[C@@H]1c1ccc(Br)cc1. The summed E-state index contributed by atoms with van der Waals surface area (Å²) >= 11 is 6.94. The maximum absolute atomic E-state index is 13.2. The molecular formula is C27H25Br2N3O2. The summed E-state index contributed by atoms with van der Waals surface area (Å²) in [7, 11) is 0. The molecule has 0 spiro atoms. The third-order valence-corrected chi connectivity index (χ3v) is 6.97. The molecule has 1 N–H and O–H groups in total. The minimum atomic E-state index is -0.207. The topological polar surface area (TPSA) is 61.8 Å². The number of hydrogen-bond donors (Lipinski definition) is 1. The van der Waals surface area contributed by atoms with Crippen LogP contribution in [0.4, 0.5) is 5.69 Å². The summed E-state index contributed by atoms with van der Waals surface area (Å²) in [6.45, 7) is 3.92. The zero-order valence-electron chi connectivity index (χ0n) is 19.0. The number of para-hydroxylation sites is 1. The Kier molecular flexibility index (Phi) is 7.63. The molecule has 0 aliphatic carbocycles. The molecule has 1 atom stereocenters. The predicted octanol–water partition coefficient (Wildman–Crippen LogP) is 6.93. The Morgan fingerprint density at radius 2 is 1.50 bits per heavy atom. The minimum Gasteiger partial charge on any atom is -0.326 e. The van der Waals surface area contributed by atoms with E-state index < -0.39 is 0 Å². The highest BCUT2D eigenvalue weighted by Gasteiger charge is 2.33. The van der Waals surface area contributed by atoms with Crippen molar-refractivity contribution < 1.29 is 9.59 Å². The number of nitrogens with one attached hydrogen (secondary N) is 1. The van der Waals surface area contributed by atoms with E-state index in [0.717, 1.165) is 42.6 Å². The number of hydrogen-bond acceptors (Lipinski definition) is 3. The van der Waals surface area contributed by atoms with E-state index in [4.69, 9.17) is 5.10 Å². The normalized spacial score (nSPS) is 15.2. The number of anilines is 1. The van der Waals surface area contributed by atoms with Gasteiger partial charge in [-0.1, -0.05) is 74.3 Å². The van der Waals surface area contributed by atoms with E-state index in [1.165, 1.54) is 0 Å². The molecule has 0 bridgehead atoms. The van der Waals surface area contributed by atoms with Crippen LogP contribution in [0.15, 0.2) is 80.8 Å². The van der Waals surface area contributed by atoms with Crippen LogP contribution >= 0.6 is 31.9 Å². The van der Waals surface area contributed by atoms with Crippen molar-refractivity contribution in [2.24, 2.45) is 5.10 Å². The van der Waals surface area contributed by atoms with E-state index >= 15 is 0 Å². The second-order valence-corrected chi connectivity index (χ2v) is 10.2. The van der Waals surface area contributed by atoms with Crippen LogP contribution in [-0.4, -0.2) is 22.5 Å². The van der Waals surface area contributed by atoms with Crippen LogP contribution in [-0.2, 0) is 9.59 Å². The van der Waals surface area contributed by atoms with Gasteiger partial charge in [-0.2, -0.15) is 5.10 Å². The van der Waals surface area contributed by atoms with Crippen molar-refractivity contribution in [3.63, 3.8) is 0 Å². The van der Waals surface area contributed by atoms with Gasteiger partial charge in [-0.3, -0.25) is 9.59 Å². The van der Waals surface area contributed by atoms with E-state index in [1.807, 2.05) is 80.6 Å². The van der Waals surface area contributed by atoms with Gasteiger partial charge < -0.3 is 5.32 Å². The van der Waals surface area contributed by atoms with Crippen LogP contribution in [0.25, 0.3) is 0 Å². The molecule has 1 heterocycles. The fourth-order valence-electron chi connectivity index (χ4n) is 4.05. The van der Waals surface area contributed by atoms with Gasteiger partial charge in [-0.05, 0) is 60.4 Å². The largest absolute Gasteiger partial charge is 0.326 e. The molecule has 3 aromatic carbocycles. The van der Waals surface area contributed by atoms with Crippen LogP contribution < -0.4 is 5.32 Å². The number of rotatable bonds is 6. The number of hydrazone groups is 1. The molecule has 0 radical (unpaired) electrons. The quantitative estimate of drug-likeness (QED) is 0.343. The molecule has 0 fully saturated rings. The van der Waals surface area contributed by atoms with Crippen LogP contribution in [0.5, 0.6) is 0 Å². The van der Waals surface area contributed by atoms with Crippen molar-refractivity contribution in [3.05, 3.63) is 97.9 Å². The monoisotopic (exact) mass is 581 g/mol. The van der Waals surface area contributed by atoms with Crippen molar-refractivity contribution >= 4 is 55.1 Å². The molecule has 34 heavy (non-hydrogen) atoms. The van der Waals surface area contributed by atoms with Gasteiger partial charge in [0, 0.05) is 33.9 Å². The van der Waals surface area contributed by atoms with Crippen LogP contribution in [0.2, 0.25) is 0 Å². The number of carbonyl (C=O) groups is 2. The van der Waals surface area contributed by atoms with Crippen LogP contribution in [0.1, 0.15) is 47.6 Å². The predicted molar refractivity (Wildman–Crippen MR) is 143 cm³/mol. The lowest BCUT2D eigenvalue weighted by molar-refractivity contribution is -0.134. The molecule has 174 valence electrons. The second-order valence-electron chi connectivity index (χ2n) is 8.38. The molecule has 5 nitrogen and oxygen atoms in total. The maximum atomic E-state index is 13.2. The Balaban J connectivity index is 1.50. The molecule has 0 unspecified atom stereocenters. The fraction of sp³-hybridized carbons (Fsp3) is 0.222. The molecule has 7 heteroatoms. The zero-order valence-corrected chi connectivity index (χ0v) is 22.2. The molecule has 3 aromatic rings. The van der Waals surface area contributed by atoms with E-state index in [2.05, 4.69) is 37.2 Å². The van der Waals surface area contributed by atoms with Gasteiger partial charge in [0.1, 0.15) is 0 Å². The first-order valence-corrected chi connectivity index (χ1v) is 12.7. The zero-order chi connectivity index (χ0) is 24.2. The summed E-state index contributed by atoms with van der Waals surface area (Å²) in [5.74, 6) is -0.348. The summed E-state index contributed by atoms with van der Waals surface area (Å²) in [5, 5.41) is 9.21.